The van der Waals surface area contributed by atoms with Crippen LogP contribution in [0.2, 0.25) is 0 Å². The number of nitrogens with zero attached hydrogens (tertiary/aromatic N) is 1. The van der Waals surface area contributed by atoms with Crippen LogP contribution >= 0.6 is 11.3 Å². The maximum atomic E-state index is 12.8. The van der Waals surface area contributed by atoms with Gasteiger partial charge in [0.25, 0.3) is 0 Å². The number of thiophene rings is 1. The Balaban J connectivity index is 1.53. The Hall–Kier alpha value is -2.34. The van der Waals surface area contributed by atoms with Gasteiger partial charge in [-0.2, -0.15) is 0 Å². The molecule has 0 saturated carbocycles. The molecule has 142 valence electrons. The van der Waals surface area contributed by atoms with E-state index < -0.39 is 0 Å². The smallest absolute Gasteiger partial charge is 0.341 e. The minimum absolute atomic E-state index is 0.0935. The van der Waals surface area contributed by atoms with Crippen LogP contribution in [-0.4, -0.2) is 31.1 Å². The number of carbonyl (C=O) groups excluding carboxylic acids is 2. The molecule has 1 atom stereocenters. The van der Waals surface area contributed by atoms with Crippen molar-refractivity contribution < 1.29 is 14.3 Å². The molecule has 1 aromatic carbocycles. The van der Waals surface area contributed by atoms with Crippen LogP contribution in [0.5, 0.6) is 0 Å². The average Bonchev–Trinajstić information content (AvgIpc) is 3.29. The first-order valence-corrected chi connectivity index (χ1v) is 10.4. The monoisotopic (exact) mass is 384 g/mol. The Morgan fingerprint density at radius 2 is 2.11 bits per heavy atom. The van der Waals surface area contributed by atoms with Crippen LogP contribution in [0.15, 0.2) is 24.3 Å². The van der Waals surface area contributed by atoms with Gasteiger partial charge in [-0.3, -0.25) is 4.79 Å². The SMILES string of the molecule is CCOC(=O)c1c(NC(=O)CN2c3ccccc3CC2C)sc2c1CCC2. The Bertz CT molecular complexity index is 890. The van der Waals surface area contributed by atoms with Gasteiger partial charge in [-0.05, 0) is 56.7 Å². The summed E-state index contributed by atoms with van der Waals surface area (Å²) in [5.41, 5.74) is 4.03. The second-order valence-corrected chi connectivity index (χ2v) is 8.25. The number of esters is 1. The van der Waals surface area contributed by atoms with Gasteiger partial charge in [0.1, 0.15) is 5.00 Å². The minimum Gasteiger partial charge on any atom is -0.462 e. The molecule has 0 bridgehead atoms. The molecule has 1 amide bonds. The molecule has 0 radical (unpaired) electrons. The van der Waals surface area contributed by atoms with Gasteiger partial charge in [0.2, 0.25) is 5.91 Å². The van der Waals surface area contributed by atoms with Crippen LogP contribution < -0.4 is 10.2 Å². The lowest BCUT2D eigenvalue weighted by molar-refractivity contribution is -0.115. The molecule has 0 saturated heterocycles. The lowest BCUT2D eigenvalue weighted by Crippen LogP contribution is -2.37. The van der Waals surface area contributed by atoms with Crippen molar-refractivity contribution in [2.45, 2.75) is 45.6 Å². The predicted molar refractivity (Wildman–Crippen MR) is 108 cm³/mol. The molecule has 1 aliphatic carbocycles. The van der Waals surface area contributed by atoms with Crippen molar-refractivity contribution in [1.82, 2.24) is 0 Å². The van der Waals surface area contributed by atoms with E-state index in [1.165, 1.54) is 21.8 Å². The summed E-state index contributed by atoms with van der Waals surface area (Å²) in [5.74, 6) is -0.420. The number of nitrogens with one attached hydrogen (secondary N) is 1. The van der Waals surface area contributed by atoms with Crippen molar-refractivity contribution in [3.8, 4) is 0 Å². The van der Waals surface area contributed by atoms with E-state index in [1.54, 1.807) is 6.92 Å². The summed E-state index contributed by atoms with van der Waals surface area (Å²) in [5, 5.41) is 3.64. The maximum Gasteiger partial charge on any atom is 0.341 e. The molecule has 2 heterocycles. The molecule has 6 heteroatoms. The number of rotatable bonds is 5. The van der Waals surface area contributed by atoms with Gasteiger partial charge >= 0.3 is 5.97 Å². The molecular formula is C21H24N2O3S. The second kappa shape index (κ2) is 7.35. The van der Waals surface area contributed by atoms with Crippen molar-refractivity contribution in [2.75, 3.05) is 23.4 Å². The Labute approximate surface area is 163 Å². The maximum absolute atomic E-state index is 12.8. The quantitative estimate of drug-likeness (QED) is 0.797. The highest BCUT2D eigenvalue weighted by Gasteiger charge is 2.30. The van der Waals surface area contributed by atoms with Gasteiger partial charge < -0.3 is 15.0 Å². The van der Waals surface area contributed by atoms with E-state index in [-0.39, 0.29) is 24.5 Å². The van der Waals surface area contributed by atoms with Gasteiger partial charge in [0, 0.05) is 16.6 Å². The molecule has 1 aromatic heterocycles. The fraction of sp³-hybridized carbons (Fsp3) is 0.429. The van der Waals surface area contributed by atoms with E-state index in [0.29, 0.717) is 17.2 Å². The van der Waals surface area contributed by atoms with Crippen LogP contribution in [0.3, 0.4) is 0 Å². The standard InChI is InChI=1S/C21H24N2O3S/c1-3-26-21(25)19-15-8-6-10-17(15)27-20(19)22-18(24)12-23-13(2)11-14-7-4-5-9-16(14)23/h4-5,7,9,13H,3,6,8,10-12H2,1-2H3,(H,22,24). The van der Waals surface area contributed by atoms with Crippen LogP contribution in [0.1, 0.15) is 46.6 Å². The number of carbonyl (C=O) groups is 2. The highest BCUT2D eigenvalue weighted by atomic mass is 32.1. The van der Waals surface area contributed by atoms with Gasteiger partial charge in [-0.15, -0.1) is 11.3 Å². The topological polar surface area (TPSA) is 58.6 Å². The number of hydrogen-bond acceptors (Lipinski definition) is 5. The summed E-state index contributed by atoms with van der Waals surface area (Å²) in [6.45, 7) is 4.55. The molecule has 1 aliphatic heterocycles. The fourth-order valence-electron chi connectivity index (χ4n) is 4.10. The number of ether oxygens (including phenoxy) is 1. The number of benzene rings is 1. The van der Waals surface area contributed by atoms with Gasteiger partial charge in [-0.25, -0.2) is 4.79 Å². The molecule has 2 aromatic rings. The first-order chi connectivity index (χ1) is 13.1. The number of para-hydroxylation sites is 1. The van der Waals surface area contributed by atoms with Gasteiger partial charge in [0.15, 0.2) is 0 Å². The van der Waals surface area contributed by atoms with E-state index in [2.05, 4.69) is 29.3 Å². The second-order valence-electron chi connectivity index (χ2n) is 7.14. The number of anilines is 2. The summed E-state index contributed by atoms with van der Waals surface area (Å²) in [6, 6.07) is 8.51. The largest absolute Gasteiger partial charge is 0.462 e. The van der Waals surface area contributed by atoms with Crippen molar-refractivity contribution in [3.63, 3.8) is 0 Å². The average molecular weight is 385 g/mol. The van der Waals surface area contributed by atoms with E-state index in [0.717, 1.165) is 36.9 Å². The third-order valence-corrected chi connectivity index (χ3v) is 6.52. The lowest BCUT2D eigenvalue weighted by Gasteiger charge is -2.24. The first kappa shape index (κ1) is 18.0. The van der Waals surface area contributed by atoms with Crippen molar-refractivity contribution in [1.29, 1.82) is 0 Å². The molecular weight excluding hydrogens is 360 g/mol. The van der Waals surface area contributed by atoms with Crippen LogP contribution in [0, 0.1) is 0 Å². The minimum atomic E-state index is -0.327. The zero-order valence-corrected chi connectivity index (χ0v) is 16.5. The molecule has 2 aliphatic rings. The Morgan fingerprint density at radius 1 is 1.30 bits per heavy atom. The Morgan fingerprint density at radius 3 is 2.93 bits per heavy atom. The summed E-state index contributed by atoms with van der Waals surface area (Å²) in [4.78, 5) is 28.6. The predicted octanol–water partition coefficient (Wildman–Crippen LogP) is 3.80. The van der Waals surface area contributed by atoms with Crippen LogP contribution in [0.4, 0.5) is 10.7 Å². The zero-order valence-electron chi connectivity index (χ0n) is 15.7. The van der Waals surface area contributed by atoms with E-state index in [1.807, 2.05) is 12.1 Å². The van der Waals surface area contributed by atoms with Gasteiger partial charge in [-0.1, -0.05) is 18.2 Å². The third kappa shape index (κ3) is 3.34. The first-order valence-electron chi connectivity index (χ1n) is 9.54. The number of hydrogen-bond donors (Lipinski definition) is 1. The van der Waals surface area contributed by atoms with Gasteiger partial charge in [0.05, 0.1) is 18.7 Å². The Kier molecular flexibility index (Phi) is 4.91. The summed E-state index contributed by atoms with van der Waals surface area (Å²) in [7, 11) is 0. The summed E-state index contributed by atoms with van der Waals surface area (Å²) >= 11 is 1.52. The van der Waals surface area contributed by atoms with Crippen molar-refractivity contribution in [3.05, 3.63) is 45.8 Å². The number of amides is 1. The molecule has 1 N–H and O–H groups in total. The van der Waals surface area contributed by atoms with E-state index in [4.69, 9.17) is 4.74 Å². The zero-order chi connectivity index (χ0) is 19.0. The van der Waals surface area contributed by atoms with E-state index >= 15 is 0 Å². The molecule has 0 fully saturated rings. The van der Waals surface area contributed by atoms with Crippen LogP contribution in [0.25, 0.3) is 0 Å². The highest BCUT2D eigenvalue weighted by Crippen LogP contribution is 2.39. The number of aryl methyl sites for hydroxylation is 1. The molecule has 27 heavy (non-hydrogen) atoms. The molecule has 4 rings (SSSR count). The number of fused-ring (bicyclic) bond motifs is 2. The highest BCUT2D eigenvalue weighted by molar-refractivity contribution is 7.17. The molecule has 5 nitrogen and oxygen atoms in total. The normalized spacial score (nSPS) is 17.6. The van der Waals surface area contributed by atoms with Crippen molar-refractivity contribution >= 4 is 33.9 Å². The third-order valence-electron chi connectivity index (χ3n) is 5.32. The van der Waals surface area contributed by atoms with E-state index in [9.17, 15) is 9.59 Å². The lowest BCUT2D eigenvalue weighted by atomic mass is 10.1. The molecule has 0 spiro atoms. The van der Waals surface area contributed by atoms with Crippen molar-refractivity contribution in [2.24, 2.45) is 0 Å². The fourth-order valence-corrected chi connectivity index (χ4v) is 5.40. The van der Waals surface area contributed by atoms with Crippen LogP contribution in [-0.2, 0) is 28.8 Å². The summed E-state index contributed by atoms with van der Waals surface area (Å²) in [6.07, 6.45) is 3.86. The molecule has 1 unspecified atom stereocenters. The summed E-state index contributed by atoms with van der Waals surface area (Å²) < 4.78 is 5.24.